The predicted octanol–water partition coefficient (Wildman–Crippen LogP) is -0.0292. The van der Waals surface area contributed by atoms with Crippen LogP contribution in [-0.2, 0) is 27.5 Å². The van der Waals surface area contributed by atoms with E-state index >= 15 is 0 Å². The number of nitrogens with two attached hydrogens (primary N) is 1. The highest BCUT2D eigenvalue weighted by molar-refractivity contribution is 7.91. The Balaban J connectivity index is 2.39. The van der Waals surface area contributed by atoms with Crippen LogP contribution in [0.1, 0.15) is 11.1 Å². The van der Waals surface area contributed by atoms with E-state index in [1.165, 1.54) is 0 Å². The van der Waals surface area contributed by atoms with Crippen LogP contribution in [0, 0.1) is 0 Å². The van der Waals surface area contributed by atoms with Crippen LogP contribution in [0.2, 0.25) is 0 Å². The molecule has 1 atom stereocenters. The Bertz CT molecular complexity index is 565. The third-order valence-electron chi connectivity index (χ3n) is 2.94. The van der Waals surface area contributed by atoms with Crippen LogP contribution < -0.4 is 5.73 Å². The molecule has 3 N–H and O–H groups in total. The van der Waals surface area contributed by atoms with Gasteiger partial charge in [-0.15, -0.1) is 0 Å². The number of aliphatic carboxylic acids is 1. The molecule has 0 aromatic heterocycles. The predicted molar refractivity (Wildman–Crippen MR) is 61.5 cm³/mol. The first-order chi connectivity index (χ1) is 7.92. The molecule has 0 bridgehead atoms. The van der Waals surface area contributed by atoms with Crippen molar-refractivity contribution in [1.82, 2.24) is 0 Å². The van der Waals surface area contributed by atoms with Crippen LogP contribution >= 0.6 is 0 Å². The fourth-order valence-electron chi connectivity index (χ4n) is 2.05. The lowest BCUT2D eigenvalue weighted by Gasteiger charge is -2.10. The Morgan fingerprint density at radius 3 is 2.82 bits per heavy atom. The lowest BCUT2D eigenvalue weighted by molar-refractivity contribution is -0.138. The van der Waals surface area contributed by atoms with Gasteiger partial charge in [0, 0.05) is 0 Å². The highest BCUT2D eigenvalue weighted by Gasteiger charge is 2.28. The van der Waals surface area contributed by atoms with E-state index in [2.05, 4.69) is 0 Å². The summed E-state index contributed by atoms with van der Waals surface area (Å²) < 4.78 is 23.4. The number of rotatable bonds is 3. The number of carbonyl (C=O) groups is 1. The van der Waals surface area contributed by atoms with Gasteiger partial charge in [-0.2, -0.15) is 0 Å². The average molecular weight is 255 g/mol. The fourth-order valence-corrected chi connectivity index (χ4v) is 3.64. The number of hydrogen-bond donors (Lipinski definition) is 2. The molecule has 0 fully saturated rings. The second kappa shape index (κ2) is 4.12. The minimum atomic E-state index is -3.17. The molecule has 6 heteroatoms. The Labute approximate surface area is 99.2 Å². The normalized spacial score (nSPS) is 18.6. The summed E-state index contributed by atoms with van der Waals surface area (Å²) in [6.45, 7) is 0. The molecule has 0 saturated heterocycles. The van der Waals surface area contributed by atoms with Gasteiger partial charge in [0.2, 0.25) is 0 Å². The summed E-state index contributed by atoms with van der Waals surface area (Å²) in [5.74, 6) is -0.981. The number of fused-ring (bicyclic) bond motifs is 1. The van der Waals surface area contributed by atoms with Gasteiger partial charge < -0.3 is 10.8 Å². The van der Waals surface area contributed by atoms with Gasteiger partial charge in [-0.1, -0.05) is 12.1 Å². The van der Waals surface area contributed by atoms with Crippen molar-refractivity contribution in [3.05, 3.63) is 29.3 Å². The molecule has 2 rings (SSSR count). The number of hydrogen-bond acceptors (Lipinski definition) is 4. The topological polar surface area (TPSA) is 97.5 Å². The van der Waals surface area contributed by atoms with Crippen molar-refractivity contribution in [3.8, 4) is 0 Å². The fraction of sp³-hybridized carbons (Fsp3) is 0.364. The Kier molecular flexibility index (Phi) is 2.92. The smallest absolute Gasteiger partial charge is 0.320 e. The second-order valence-electron chi connectivity index (χ2n) is 4.11. The lowest BCUT2D eigenvalue weighted by Crippen LogP contribution is -2.32. The zero-order valence-electron chi connectivity index (χ0n) is 9.09. The number of carboxylic acid groups (broad SMARTS) is 1. The molecule has 0 spiro atoms. The van der Waals surface area contributed by atoms with Crippen LogP contribution in [0.4, 0.5) is 0 Å². The Morgan fingerprint density at radius 1 is 1.47 bits per heavy atom. The highest BCUT2D eigenvalue weighted by atomic mass is 32.2. The van der Waals surface area contributed by atoms with Crippen LogP contribution in [0.5, 0.6) is 0 Å². The van der Waals surface area contributed by atoms with Gasteiger partial charge in [-0.25, -0.2) is 8.42 Å². The Morgan fingerprint density at radius 2 is 2.18 bits per heavy atom. The molecule has 1 aliphatic rings. The van der Waals surface area contributed by atoms with Gasteiger partial charge in [-0.05, 0) is 30.0 Å². The van der Waals surface area contributed by atoms with Crippen LogP contribution in [-0.4, -0.2) is 31.3 Å². The summed E-state index contributed by atoms with van der Waals surface area (Å²) in [4.78, 5) is 11.0. The third kappa shape index (κ3) is 2.18. The minimum absolute atomic E-state index is 0.0989. The summed E-state index contributed by atoms with van der Waals surface area (Å²) in [7, 11) is -3.17. The molecule has 5 nitrogen and oxygen atoms in total. The third-order valence-corrected chi connectivity index (χ3v) is 4.74. The molecular formula is C11H13NO4S. The van der Waals surface area contributed by atoms with Crippen LogP contribution in [0.15, 0.2) is 23.1 Å². The molecule has 1 aliphatic heterocycles. The van der Waals surface area contributed by atoms with Gasteiger partial charge in [0.1, 0.15) is 6.04 Å². The van der Waals surface area contributed by atoms with Crippen LogP contribution in [0.25, 0.3) is 0 Å². The first kappa shape index (κ1) is 12.1. The molecule has 0 aliphatic carbocycles. The van der Waals surface area contributed by atoms with E-state index in [0.29, 0.717) is 11.3 Å². The molecule has 92 valence electrons. The zero-order valence-corrected chi connectivity index (χ0v) is 9.90. The molecule has 0 saturated carbocycles. The number of benzene rings is 1. The minimum Gasteiger partial charge on any atom is -0.480 e. The molecule has 0 radical (unpaired) electrons. The number of carboxylic acids is 1. The summed E-state index contributed by atoms with van der Waals surface area (Å²) in [6.07, 6.45) is 0.605. The maximum Gasteiger partial charge on any atom is 0.320 e. The standard InChI is InChI=1S/C11H13NO4S/c12-9(11(13)14)6-7-2-1-3-10-8(7)4-5-17(10,15)16/h1-3,9H,4-6,12H2,(H,13,14). The maximum absolute atomic E-state index is 11.7. The average Bonchev–Trinajstić information content (AvgIpc) is 2.56. The molecule has 1 aromatic carbocycles. The van der Waals surface area contributed by atoms with Crippen molar-refractivity contribution in [1.29, 1.82) is 0 Å². The van der Waals surface area contributed by atoms with E-state index in [1.807, 2.05) is 0 Å². The van der Waals surface area contributed by atoms with E-state index in [0.717, 1.165) is 11.1 Å². The van der Waals surface area contributed by atoms with Gasteiger partial charge in [-0.3, -0.25) is 4.79 Å². The first-order valence-corrected chi connectivity index (χ1v) is 6.89. The molecule has 17 heavy (non-hydrogen) atoms. The van der Waals surface area contributed by atoms with E-state index in [1.54, 1.807) is 18.2 Å². The molecule has 0 amide bonds. The maximum atomic E-state index is 11.7. The van der Waals surface area contributed by atoms with Crippen molar-refractivity contribution in [2.45, 2.75) is 23.8 Å². The zero-order chi connectivity index (χ0) is 12.6. The second-order valence-corrected chi connectivity index (χ2v) is 6.19. The first-order valence-electron chi connectivity index (χ1n) is 5.24. The monoisotopic (exact) mass is 255 g/mol. The van der Waals surface area contributed by atoms with Crippen molar-refractivity contribution >= 4 is 15.8 Å². The largest absolute Gasteiger partial charge is 0.480 e. The van der Waals surface area contributed by atoms with Gasteiger partial charge in [0.05, 0.1) is 10.6 Å². The van der Waals surface area contributed by atoms with E-state index in [9.17, 15) is 13.2 Å². The van der Waals surface area contributed by atoms with Gasteiger partial charge in [0.15, 0.2) is 9.84 Å². The van der Waals surface area contributed by atoms with Gasteiger partial charge >= 0.3 is 5.97 Å². The summed E-state index contributed by atoms with van der Waals surface area (Å²) in [5, 5.41) is 8.75. The molecular weight excluding hydrogens is 242 g/mol. The SMILES string of the molecule is NC(Cc1cccc2c1CCS2(=O)=O)C(=O)O. The number of sulfone groups is 1. The molecule has 1 heterocycles. The van der Waals surface area contributed by atoms with Crippen molar-refractivity contribution in [2.24, 2.45) is 5.73 Å². The van der Waals surface area contributed by atoms with E-state index in [-0.39, 0.29) is 12.2 Å². The quantitative estimate of drug-likeness (QED) is 0.790. The van der Waals surface area contributed by atoms with Crippen LogP contribution in [0.3, 0.4) is 0 Å². The summed E-state index contributed by atoms with van der Waals surface area (Å²) in [5.41, 5.74) is 6.91. The molecule has 1 aromatic rings. The lowest BCUT2D eigenvalue weighted by atomic mass is 9.99. The Hall–Kier alpha value is -1.40. The summed E-state index contributed by atoms with van der Waals surface area (Å²) >= 11 is 0. The van der Waals surface area contributed by atoms with Crippen molar-refractivity contribution < 1.29 is 18.3 Å². The van der Waals surface area contributed by atoms with Crippen molar-refractivity contribution in [2.75, 3.05) is 5.75 Å². The van der Waals surface area contributed by atoms with Gasteiger partial charge in [0.25, 0.3) is 0 Å². The van der Waals surface area contributed by atoms with E-state index in [4.69, 9.17) is 10.8 Å². The molecule has 1 unspecified atom stereocenters. The summed E-state index contributed by atoms with van der Waals surface area (Å²) in [6, 6.07) is 3.94. The highest BCUT2D eigenvalue weighted by Crippen LogP contribution is 2.29. The van der Waals surface area contributed by atoms with E-state index < -0.39 is 21.8 Å². The van der Waals surface area contributed by atoms with Crippen molar-refractivity contribution in [3.63, 3.8) is 0 Å².